The second-order valence-corrected chi connectivity index (χ2v) is 6.30. The summed E-state index contributed by atoms with van der Waals surface area (Å²) in [6.45, 7) is 4.37. The summed E-state index contributed by atoms with van der Waals surface area (Å²) in [6.07, 6.45) is 7.37. The second kappa shape index (κ2) is 10.5. The van der Waals surface area contributed by atoms with Crippen molar-refractivity contribution in [2.45, 2.75) is 58.8 Å². The van der Waals surface area contributed by atoms with Gasteiger partial charge in [-0.3, -0.25) is 0 Å². The number of rotatable bonds is 9. The van der Waals surface area contributed by atoms with E-state index in [1.807, 2.05) is 48.5 Å². The summed E-state index contributed by atoms with van der Waals surface area (Å²) < 4.78 is 10.5. The third-order valence-electron chi connectivity index (χ3n) is 4.14. The van der Waals surface area contributed by atoms with Crippen LogP contribution in [0.25, 0.3) is 0 Å². The van der Waals surface area contributed by atoms with Crippen molar-refractivity contribution in [3.8, 4) is 11.5 Å². The lowest BCUT2D eigenvalue weighted by Crippen LogP contribution is -2.13. The van der Waals surface area contributed by atoms with Crippen LogP contribution in [0.4, 0.5) is 4.79 Å². The van der Waals surface area contributed by atoms with Crippen LogP contribution in [-0.2, 0) is 12.8 Å². The zero-order valence-electron chi connectivity index (χ0n) is 15.3. The lowest BCUT2D eigenvalue weighted by molar-refractivity contribution is 0.152. The van der Waals surface area contributed by atoms with Crippen LogP contribution in [0.5, 0.6) is 11.5 Å². The Balaban J connectivity index is 1.81. The normalized spacial score (nSPS) is 10.5. The molecule has 0 saturated carbocycles. The zero-order valence-corrected chi connectivity index (χ0v) is 15.3. The number of hydrogen-bond donors (Lipinski definition) is 0. The summed E-state index contributed by atoms with van der Waals surface area (Å²) in [5, 5.41) is 0. The fourth-order valence-electron chi connectivity index (χ4n) is 2.62. The Morgan fingerprint density at radius 1 is 0.680 bits per heavy atom. The molecule has 2 aromatic carbocycles. The van der Waals surface area contributed by atoms with Crippen molar-refractivity contribution in [2.75, 3.05) is 0 Å². The first kappa shape index (κ1) is 19.0. The topological polar surface area (TPSA) is 35.5 Å². The van der Waals surface area contributed by atoms with E-state index < -0.39 is 6.16 Å². The maximum atomic E-state index is 11.9. The van der Waals surface area contributed by atoms with Gasteiger partial charge in [0.2, 0.25) is 0 Å². The van der Waals surface area contributed by atoms with Gasteiger partial charge < -0.3 is 9.47 Å². The molecule has 3 nitrogen and oxygen atoms in total. The molecule has 0 saturated heterocycles. The number of ether oxygens (including phenoxy) is 2. The molecule has 3 heteroatoms. The summed E-state index contributed by atoms with van der Waals surface area (Å²) in [5.41, 5.74) is 2.51. The van der Waals surface area contributed by atoms with Crippen molar-refractivity contribution in [3.63, 3.8) is 0 Å². The van der Waals surface area contributed by atoms with E-state index in [1.54, 1.807) is 0 Å². The van der Waals surface area contributed by atoms with Crippen molar-refractivity contribution < 1.29 is 14.3 Å². The number of carbonyl (C=O) groups is 1. The van der Waals surface area contributed by atoms with Crippen LogP contribution >= 0.6 is 0 Å². The minimum absolute atomic E-state index is 0.501. The van der Waals surface area contributed by atoms with Gasteiger partial charge in [-0.2, -0.15) is 0 Å². The molecule has 0 aliphatic heterocycles. The predicted octanol–water partition coefficient (Wildman–Crippen LogP) is 6.34. The molecule has 0 spiro atoms. The Hall–Kier alpha value is -2.29. The third-order valence-corrected chi connectivity index (χ3v) is 4.14. The Labute approximate surface area is 151 Å². The van der Waals surface area contributed by atoms with E-state index in [2.05, 4.69) is 13.8 Å². The number of carbonyl (C=O) groups excluding carboxylic acids is 1. The maximum absolute atomic E-state index is 11.9. The monoisotopic (exact) mass is 340 g/mol. The van der Waals surface area contributed by atoms with Crippen LogP contribution in [-0.4, -0.2) is 6.16 Å². The lowest BCUT2D eigenvalue weighted by Gasteiger charge is -2.07. The predicted molar refractivity (Wildman–Crippen MR) is 101 cm³/mol. The maximum Gasteiger partial charge on any atom is 0.519 e. The Morgan fingerprint density at radius 2 is 1.12 bits per heavy atom. The Bertz CT molecular complexity index is 629. The van der Waals surface area contributed by atoms with Gasteiger partial charge in [-0.1, -0.05) is 57.4 Å². The summed E-state index contributed by atoms with van der Waals surface area (Å²) >= 11 is 0. The molecule has 0 radical (unpaired) electrons. The van der Waals surface area contributed by atoms with Crippen LogP contribution in [0.2, 0.25) is 0 Å². The third kappa shape index (κ3) is 7.00. The Morgan fingerprint density at radius 3 is 1.56 bits per heavy atom. The molecule has 0 heterocycles. The van der Waals surface area contributed by atoms with Crippen LogP contribution < -0.4 is 9.47 Å². The number of benzene rings is 2. The highest BCUT2D eigenvalue weighted by molar-refractivity contribution is 5.67. The van der Waals surface area contributed by atoms with Crippen LogP contribution in [0.1, 0.15) is 57.1 Å². The molecule has 0 fully saturated rings. The summed E-state index contributed by atoms with van der Waals surface area (Å²) in [4.78, 5) is 11.9. The first-order chi connectivity index (χ1) is 12.2. The summed E-state index contributed by atoms with van der Waals surface area (Å²) in [6, 6.07) is 15.2. The van der Waals surface area contributed by atoms with Gasteiger partial charge in [-0.05, 0) is 61.1 Å². The van der Waals surface area contributed by atoms with Gasteiger partial charge in [0.25, 0.3) is 0 Å². The first-order valence-corrected chi connectivity index (χ1v) is 9.28. The van der Waals surface area contributed by atoms with E-state index in [1.165, 1.54) is 36.8 Å². The molecule has 0 atom stereocenters. The highest BCUT2D eigenvalue weighted by Crippen LogP contribution is 2.17. The average Bonchev–Trinajstić information content (AvgIpc) is 2.63. The number of hydrogen-bond acceptors (Lipinski definition) is 3. The molecule has 0 bridgehead atoms. The van der Waals surface area contributed by atoms with Crippen LogP contribution in [0.3, 0.4) is 0 Å². The van der Waals surface area contributed by atoms with Crippen molar-refractivity contribution >= 4 is 6.16 Å². The molecule has 0 aliphatic rings. The van der Waals surface area contributed by atoms with Gasteiger partial charge in [0.15, 0.2) is 0 Å². The lowest BCUT2D eigenvalue weighted by atomic mass is 10.1. The fourth-order valence-corrected chi connectivity index (χ4v) is 2.62. The second-order valence-electron chi connectivity index (χ2n) is 6.30. The first-order valence-electron chi connectivity index (χ1n) is 9.28. The van der Waals surface area contributed by atoms with Crippen molar-refractivity contribution in [1.82, 2.24) is 0 Å². The zero-order chi connectivity index (χ0) is 17.9. The van der Waals surface area contributed by atoms with Gasteiger partial charge in [0.1, 0.15) is 11.5 Å². The molecule has 0 N–H and O–H groups in total. The largest absolute Gasteiger partial charge is 0.519 e. The van der Waals surface area contributed by atoms with Crippen molar-refractivity contribution in [2.24, 2.45) is 0 Å². The van der Waals surface area contributed by atoms with Gasteiger partial charge in [-0.15, -0.1) is 0 Å². The van der Waals surface area contributed by atoms with Crippen molar-refractivity contribution in [3.05, 3.63) is 59.7 Å². The Kier molecular flexibility index (Phi) is 8.03. The van der Waals surface area contributed by atoms with Crippen LogP contribution in [0.15, 0.2) is 48.5 Å². The van der Waals surface area contributed by atoms with Gasteiger partial charge >= 0.3 is 6.16 Å². The van der Waals surface area contributed by atoms with E-state index in [0.29, 0.717) is 11.5 Å². The molecule has 134 valence electrons. The van der Waals surface area contributed by atoms with Crippen molar-refractivity contribution in [1.29, 1.82) is 0 Å². The smallest absolute Gasteiger partial charge is 0.395 e. The van der Waals surface area contributed by atoms with Gasteiger partial charge in [0, 0.05) is 0 Å². The quantitative estimate of drug-likeness (QED) is 0.303. The van der Waals surface area contributed by atoms with Gasteiger partial charge in [-0.25, -0.2) is 4.79 Å². The number of unbranched alkanes of at least 4 members (excludes halogenated alkanes) is 3. The van der Waals surface area contributed by atoms with E-state index in [4.69, 9.17) is 9.47 Å². The number of aryl methyl sites for hydroxylation is 2. The SMILES string of the molecule is CCCCCc1ccc(OC(=O)Oc2ccc(CCCC)cc2)cc1. The molecule has 0 aliphatic carbocycles. The molecule has 0 amide bonds. The standard InChI is InChI=1S/C22H28O3/c1-3-5-7-9-19-12-16-21(17-13-19)25-22(23)24-20-14-10-18(11-15-20)8-6-4-2/h10-17H,3-9H2,1-2H3. The molecule has 2 aromatic rings. The highest BCUT2D eigenvalue weighted by atomic mass is 16.7. The van der Waals surface area contributed by atoms with E-state index >= 15 is 0 Å². The van der Waals surface area contributed by atoms with E-state index in [9.17, 15) is 4.79 Å². The highest BCUT2D eigenvalue weighted by Gasteiger charge is 2.08. The minimum atomic E-state index is -0.708. The molecule has 0 unspecified atom stereocenters. The van der Waals surface area contributed by atoms with E-state index in [0.717, 1.165) is 19.3 Å². The fraction of sp³-hybridized carbons (Fsp3) is 0.409. The summed E-state index contributed by atoms with van der Waals surface area (Å²) in [7, 11) is 0. The average molecular weight is 340 g/mol. The summed E-state index contributed by atoms with van der Waals surface area (Å²) in [5.74, 6) is 1.00. The molecule has 25 heavy (non-hydrogen) atoms. The molecular formula is C22H28O3. The molecule has 2 rings (SSSR count). The van der Waals surface area contributed by atoms with Crippen LogP contribution in [0, 0.1) is 0 Å². The molecular weight excluding hydrogens is 312 g/mol. The molecule has 0 aromatic heterocycles. The van der Waals surface area contributed by atoms with Gasteiger partial charge in [0.05, 0.1) is 0 Å². The van der Waals surface area contributed by atoms with E-state index in [-0.39, 0.29) is 0 Å². The minimum Gasteiger partial charge on any atom is -0.395 e.